The lowest BCUT2D eigenvalue weighted by molar-refractivity contribution is -0.135. The van der Waals surface area contributed by atoms with Crippen molar-refractivity contribution in [2.24, 2.45) is 5.92 Å². The van der Waals surface area contributed by atoms with Gasteiger partial charge in [-0.1, -0.05) is 84.9 Å². The van der Waals surface area contributed by atoms with E-state index in [9.17, 15) is 4.79 Å². The van der Waals surface area contributed by atoms with Crippen LogP contribution in [0.1, 0.15) is 23.5 Å². The van der Waals surface area contributed by atoms with Gasteiger partial charge in [-0.2, -0.15) is 0 Å². The molecule has 1 heterocycles. The quantitative estimate of drug-likeness (QED) is 0.650. The van der Waals surface area contributed by atoms with Crippen LogP contribution in [0, 0.1) is 5.92 Å². The van der Waals surface area contributed by atoms with Gasteiger partial charge in [-0.15, -0.1) is 0 Å². The van der Waals surface area contributed by atoms with E-state index >= 15 is 0 Å². The van der Waals surface area contributed by atoms with Gasteiger partial charge < -0.3 is 10.2 Å². The Hall–Kier alpha value is -2.91. The molecule has 0 unspecified atom stereocenters. The Morgan fingerprint density at radius 2 is 1.63 bits per heavy atom. The Balaban J connectivity index is 1.49. The molecule has 0 aromatic heterocycles. The molecule has 2 atom stereocenters. The molecule has 0 aliphatic carbocycles. The first kappa shape index (κ1) is 20.4. The SMILES string of the molecule is CN(CCc1ccccc1)C(=O)[C@H]1CNCC[C@@H]1c1cccc(-c2ccccc2)c1. The second kappa shape index (κ2) is 9.73. The zero-order valence-electron chi connectivity index (χ0n) is 17.6. The molecule has 1 N–H and O–H groups in total. The first-order chi connectivity index (χ1) is 14.7. The minimum Gasteiger partial charge on any atom is -0.345 e. The number of likely N-dealkylation sites (N-methyl/N-ethyl adjacent to an activating group) is 1. The molecule has 3 aromatic rings. The summed E-state index contributed by atoms with van der Waals surface area (Å²) in [7, 11) is 1.94. The van der Waals surface area contributed by atoms with Crippen LogP contribution in [0.4, 0.5) is 0 Å². The lowest BCUT2D eigenvalue weighted by atomic mass is 9.79. The number of hydrogen-bond acceptors (Lipinski definition) is 2. The Labute approximate surface area is 179 Å². The van der Waals surface area contributed by atoms with Crippen LogP contribution < -0.4 is 5.32 Å². The van der Waals surface area contributed by atoms with Crippen molar-refractivity contribution in [1.29, 1.82) is 0 Å². The number of amides is 1. The minimum absolute atomic E-state index is 0.0226. The molecule has 1 amide bonds. The van der Waals surface area contributed by atoms with Crippen molar-refractivity contribution in [2.45, 2.75) is 18.8 Å². The highest BCUT2D eigenvalue weighted by atomic mass is 16.2. The predicted molar refractivity (Wildman–Crippen MR) is 123 cm³/mol. The number of nitrogens with one attached hydrogen (secondary N) is 1. The molecule has 1 saturated heterocycles. The fourth-order valence-electron chi connectivity index (χ4n) is 4.43. The van der Waals surface area contributed by atoms with Crippen LogP contribution in [-0.4, -0.2) is 37.5 Å². The van der Waals surface area contributed by atoms with Crippen molar-refractivity contribution < 1.29 is 4.79 Å². The van der Waals surface area contributed by atoms with Crippen LogP contribution in [0.2, 0.25) is 0 Å². The van der Waals surface area contributed by atoms with E-state index in [1.165, 1.54) is 22.3 Å². The molecule has 4 rings (SSSR count). The van der Waals surface area contributed by atoms with Crippen LogP contribution >= 0.6 is 0 Å². The Bertz CT molecular complexity index is 955. The van der Waals surface area contributed by atoms with Crippen molar-refractivity contribution in [1.82, 2.24) is 10.2 Å². The predicted octanol–water partition coefficient (Wildman–Crippen LogP) is 4.75. The van der Waals surface area contributed by atoms with Gasteiger partial charge in [0, 0.05) is 20.1 Å². The highest BCUT2D eigenvalue weighted by Crippen LogP contribution is 2.33. The largest absolute Gasteiger partial charge is 0.345 e. The Morgan fingerprint density at radius 3 is 2.40 bits per heavy atom. The first-order valence-corrected chi connectivity index (χ1v) is 10.9. The smallest absolute Gasteiger partial charge is 0.227 e. The van der Waals surface area contributed by atoms with Crippen molar-refractivity contribution in [2.75, 3.05) is 26.7 Å². The van der Waals surface area contributed by atoms with Crippen LogP contribution in [0.3, 0.4) is 0 Å². The van der Waals surface area contributed by atoms with Crippen molar-refractivity contribution in [3.8, 4) is 11.1 Å². The third-order valence-corrected chi connectivity index (χ3v) is 6.18. The number of hydrogen-bond donors (Lipinski definition) is 1. The highest BCUT2D eigenvalue weighted by Gasteiger charge is 2.33. The molecular formula is C27H30N2O. The normalized spacial score (nSPS) is 18.7. The number of benzene rings is 3. The van der Waals surface area contributed by atoms with Gasteiger partial charge in [0.2, 0.25) is 5.91 Å². The maximum absolute atomic E-state index is 13.3. The summed E-state index contributed by atoms with van der Waals surface area (Å²) in [5, 5.41) is 3.44. The molecule has 3 aromatic carbocycles. The van der Waals surface area contributed by atoms with Gasteiger partial charge in [-0.3, -0.25) is 4.79 Å². The van der Waals surface area contributed by atoms with E-state index in [2.05, 4.69) is 78.1 Å². The van der Waals surface area contributed by atoms with Gasteiger partial charge in [-0.25, -0.2) is 0 Å². The molecule has 0 radical (unpaired) electrons. The van der Waals surface area contributed by atoms with E-state index in [4.69, 9.17) is 0 Å². The van der Waals surface area contributed by atoms with Crippen molar-refractivity contribution in [3.05, 3.63) is 96.1 Å². The lowest BCUT2D eigenvalue weighted by Crippen LogP contribution is -2.45. The van der Waals surface area contributed by atoms with Gasteiger partial charge in [-0.05, 0) is 47.6 Å². The van der Waals surface area contributed by atoms with Crippen molar-refractivity contribution in [3.63, 3.8) is 0 Å². The average molecular weight is 399 g/mol. The molecule has 0 bridgehead atoms. The summed E-state index contributed by atoms with van der Waals surface area (Å²) in [6.45, 7) is 2.45. The number of carbonyl (C=O) groups is 1. The maximum Gasteiger partial charge on any atom is 0.227 e. The second-order valence-electron chi connectivity index (χ2n) is 8.19. The standard InChI is InChI=1S/C27H30N2O/c1-29(18-16-21-9-4-2-5-10-21)27(30)26-20-28-17-15-25(26)24-14-8-13-23(19-24)22-11-6-3-7-12-22/h2-14,19,25-26,28H,15-18,20H2,1H3/t25-,26+/m1/s1. The molecule has 0 saturated carbocycles. The lowest BCUT2D eigenvalue weighted by Gasteiger charge is -2.34. The summed E-state index contributed by atoms with van der Waals surface area (Å²) in [6, 6.07) is 29.6. The number of rotatable bonds is 6. The zero-order valence-corrected chi connectivity index (χ0v) is 17.6. The van der Waals surface area contributed by atoms with Crippen LogP contribution in [0.15, 0.2) is 84.9 Å². The monoisotopic (exact) mass is 398 g/mol. The molecule has 1 aliphatic rings. The number of nitrogens with zero attached hydrogens (tertiary/aromatic N) is 1. The van der Waals surface area contributed by atoms with Crippen LogP contribution in [0.25, 0.3) is 11.1 Å². The first-order valence-electron chi connectivity index (χ1n) is 10.9. The molecule has 1 fully saturated rings. The third-order valence-electron chi connectivity index (χ3n) is 6.18. The fourth-order valence-corrected chi connectivity index (χ4v) is 4.43. The number of piperidine rings is 1. The van der Waals surface area contributed by atoms with Gasteiger partial charge in [0.1, 0.15) is 0 Å². The third kappa shape index (κ3) is 4.80. The highest BCUT2D eigenvalue weighted by molar-refractivity contribution is 5.80. The van der Waals surface area contributed by atoms with Gasteiger partial charge in [0.25, 0.3) is 0 Å². The maximum atomic E-state index is 13.3. The summed E-state index contributed by atoms with van der Waals surface area (Å²) < 4.78 is 0. The van der Waals surface area contributed by atoms with E-state index in [-0.39, 0.29) is 17.7 Å². The summed E-state index contributed by atoms with van der Waals surface area (Å²) in [5.74, 6) is 0.473. The molecule has 3 heteroatoms. The van der Waals surface area contributed by atoms with E-state index in [0.29, 0.717) is 0 Å². The summed E-state index contributed by atoms with van der Waals surface area (Å²) in [6.07, 6.45) is 1.87. The molecule has 3 nitrogen and oxygen atoms in total. The Morgan fingerprint density at radius 1 is 0.933 bits per heavy atom. The topological polar surface area (TPSA) is 32.3 Å². The van der Waals surface area contributed by atoms with Gasteiger partial charge >= 0.3 is 0 Å². The van der Waals surface area contributed by atoms with E-state index in [0.717, 1.165) is 32.5 Å². The van der Waals surface area contributed by atoms with Crippen molar-refractivity contribution >= 4 is 5.91 Å². The second-order valence-corrected chi connectivity index (χ2v) is 8.19. The summed E-state index contributed by atoms with van der Waals surface area (Å²) in [5.41, 5.74) is 4.98. The fraction of sp³-hybridized carbons (Fsp3) is 0.296. The molecule has 30 heavy (non-hydrogen) atoms. The summed E-state index contributed by atoms with van der Waals surface area (Å²) >= 11 is 0. The van der Waals surface area contributed by atoms with Gasteiger partial charge in [0.05, 0.1) is 5.92 Å². The van der Waals surface area contributed by atoms with E-state index in [1.807, 2.05) is 24.1 Å². The zero-order chi connectivity index (χ0) is 20.8. The molecular weight excluding hydrogens is 368 g/mol. The van der Waals surface area contributed by atoms with E-state index < -0.39 is 0 Å². The Kier molecular flexibility index (Phi) is 6.60. The molecule has 1 aliphatic heterocycles. The number of carbonyl (C=O) groups excluding carboxylic acids is 1. The van der Waals surface area contributed by atoms with Crippen LogP contribution in [-0.2, 0) is 11.2 Å². The van der Waals surface area contributed by atoms with Crippen LogP contribution in [0.5, 0.6) is 0 Å². The van der Waals surface area contributed by atoms with Gasteiger partial charge in [0.15, 0.2) is 0 Å². The van der Waals surface area contributed by atoms with E-state index in [1.54, 1.807) is 0 Å². The minimum atomic E-state index is -0.0226. The molecule has 154 valence electrons. The average Bonchev–Trinajstić information content (AvgIpc) is 2.83. The summed E-state index contributed by atoms with van der Waals surface area (Å²) in [4.78, 5) is 15.3. The molecule has 0 spiro atoms.